The van der Waals surface area contributed by atoms with Crippen molar-refractivity contribution in [1.82, 2.24) is 0 Å². The van der Waals surface area contributed by atoms with E-state index in [2.05, 4.69) is 48.8 Å². The number of hydrogen-bond acceptors (Lipinski definition) is 2. The molecule has 0 amide bonds. The van der Waals surface area contributed by atoms with Crippen LogP contribution in [0.5, 0.6) is 0 Å². The monoisotopic (exact) mass is 275 g/mol. The summed E-state index contributed by atoms with van der Waals surface area (Å²) in [5, 5.41) is 0. The maximum atomic E-state index is 6.15. The fourth-order valence-electron chi connectivity index (χ4n) is 1.37. The number of halogens is 1. The molecule has 80 valence electrons. The topological polar surface area (TPSA) is 26.0 Å². The van der Waals surface area contributed by atoms with Crippen LogP contribution in [-0.4, -0.2) is 6.04 Å². The van der Waals surface area contributed by atoms with Gasteiger partial charge in [0, 0.05) is 10.9 Å². The van der Waals surface area contributed by atoms with E-state index in [0.717, 1.165) is 6.42 Å². The van der Waals surface area contributed by atoms with Crippen LogP contribution in [0.4, 0.5) is 0 Å². The van der Waals surface area contributed by atoms with Crippen molar-refractivity contribution in [3.8, 4) is 0 Å². The van der Waals surface area contributed by atoms with Gasteiger partial charge in [0.25, 0.3) is 0 Å². The summed E-state index contributed by atoms with van der Waals surface area (Å²) in [6.07, 6.45) is 0.996. The summed E-state index contributed by atoms with van der Waals surface area (Å²) < 4.78 is 1.19. The van der Waals surface area contributed by atoms with Gasteiger partial charge in [0.15, 0.2) is 0 Å². The summed E-state index contributed by atoms with van der Waals surface area (Å²) >= 11 is 5.25. The third-order valence-corrected chi connectivity index (χ3v) is 4.44. The number of nitrogens with two attached hydrogens (primary N) is 1. The first-order chi connectivity index (χ1) is 6.50. The molecule has 14 heavy (non-hydrogen) atoms. The van der Waals surface area contributed by atoms with Gasteiger partial charge >= 0.3 is 0 Å². The predicted octanol–water partition coefficient (Wildman–Crippen LogP) is 3.67. The minimum absolute atomic E-state index is 0.278. The molecule has 1 aromatic heterocycles. The molecule has 2 atom stereocenters. The summed E-state index contributed by atoms with van der Waals surface area (Å²) in [4.78, 5) is 1.37. The van der Waals surface area contributed by atoms with E-state index in [9.17, 15) is 0 Å². The molecule has 0 bridgehead atoms. The molecule has 1 aromatic rings. The average Bonchev–Trinajstić information content (AvgIpc) is 2.49. The Morgan fingerprint density at radius 1 is 1.36 bits per heavy atom. The Kier molecular flexibility index (Phi) is 4.61. The Morgan fingerprint density at radius 3 is 2.43 bits per heavy atom. The Hall–Kier alpha value is 0.140. The molecule has 0 aliphatic carbocycles. The lowest BCUT2D eigenvalue weighted by molar-refractivity contribution is 0.345. The second-order valence-corrected chi connectivity index (χ2v) is 6.72. The van der Waals surface area contributed by atoms with Gasteiger partial charge in [0.2, 0.25) is 0 Å². The van der Waals surface area contributed by atoms with E-state index in [-0.39, 0.29) is 6.04 Å². The highest BCUT2D eigenvalue weighted by Crippen LogP contribution is 2.25. The van der Waals surface area contributed by atoms with Crippen LogP contribution in [0.3, 0.4) is 0 Å². The minimum Gasteiger partial charge on any atom is -0.327 e. The zero-order valence-corrected chi connectivity index (χ0v) is 11.4. The fourth-order valence-corrected chi connectivity index (χ4v) is 2.93. The maximum Gasteiger partial charge on any atom is 0.0701 e. The molecular formula is C11H18BrNS. The molecule has 1 heterocycles. The van der Waals surface area contributed by atoms with Crippen molar-refractivity contribution in [3.63, 3.8) is 0 Å². The highest BCUT2D eigenvalue weighted by atomic mass is 79.9. The summed E-state index contributed by atoms with van der Waals surface area (Å²) in [6, 6.07) is 4.52. The van der Waals surface area contributed by atoms with Gasteiger partial charge < -0.3 is 5.73 Å². The standard InChI is InChI=1S/C11H18BrNS/c1-7(2)8(3)10(13)6-9-4-5-11(12)14-9/h4-5,7-8,10H,6,13H2,1-3H3. The molecule has 0 radical (unpaired) electrons. The van der Waals surface area contributed by atoms with E-state index in [0.29, 0.717) is 11.8 Å². The van der Waals surface area contributed by atoms with Crippen molar-refractivity contribution >= 4 is 27.3 Å². The fraction of sp³-hybridized carbons (Fsp3) is 0.636. The molecule has 1 rings (SSSR count). The van der Waals surface area contributed by atoms with Gasteiger partial charge in [-0.15, -0.1) is 11.3 Å². The smallest absolute Gasteiger partial charge is 0.0701 e. The average molecular weight is 276 g/mol. The van der Waals surface area contributed by atoms with Gasteiger partial charge in [0.1, 0.15) is 0 Å². The first-order valence-electron chi connectivity index (χ1n) is 5.00. The Balaban J connectivity index is 2.52. The van der Waals surface area contributed by atoms with Crippen molar-refractivity contribution in [2.24, 2.45) is 17.6 Å². The summed E-state index contributed by atoms with van der Waals surface area (Å²) in [6.45, 7) is 6.70. The molecule has 0 spiro atoms. The predicted molar refractivity (Wildman–Crippen MR) is 67.7 cm³/mol. The number of hydrogen-bond donors (Lipinski definition) is 1. The zero-order valence-electron chi connectivity index (χ0n) is 8.96. The van der Waals surface area contributed by atoms with Gasteiger partial charge in [-0.1, -0.05) is 20.8 Å². The normalized spacial score (nSPS) is 15.9. The van der Waals surface area contributed by atoms with Gasteiger partial charge in [-0.3, -0.25) is 0 Å². The van der Waals surface area contributed by atoms with Crippen molar-refractivity contribution < 1.29 is 0 Å². The van der Waals surface area contributed by atoms with Gasteiger partial charge in [-0.2, -0.15) is 0 Å². The van der Waals surface area contributed by atoms with Crippen LogP contribution in [-0.2, 0) is 6.42 Å². The van der Waals surface area contributed by atoms with Crippen LogP contribution in [0.25, 0.3) is 0 Å². The first kappa shape index (κ1) is 12.2. The van der Waals surface area contributed by atoms with Crippen LogP contribution >= 0.6 is 27.3 Å². The van der Waals surface area contributed by atoms with E-state index in [4.69, 9.17) is 5.73 Å². The zero-order chi connectivity index (χ0) is 10.7. The lowest BCUT2D eigenvalue weighted by Crippen LogP contribution is -2.33. The summed E-state index contributed by atoms with van der Waals surface area (Å²) in [5.74, 6) is 1.24. The molecule has 0 fully saturated rings. The largest absolute Gasteiger partial charge is 0.327 e. The lowest BCUT2D eigenvalue weighted by Gasteiger charge is -2.22. The summed E-state index contributed by atoms with van der Waals surface area (Å²) in [7, 11) is 0. The minimum atomic E-state index is 0.278. The molecule has 3 heteroatoms. The van der Waals surface area contributed by atoms with Crippen molar-refractivity contribution in [2.75, 3.05) is 0 Å². The Labute approximate surface area is 98.8 Å². The Bertz CT molecular complexity index is 283. The van der Waals surface area contributed by atoms with Gasteiger partial charge in [0.05, 0.1) is 3.79 Å². The maximum absolute atomic E-state index is 6.15. The molecule has 0 saturated carbocycles. The number of rotatable bonds is 4. The van der Waals surface area contributed by atoms with E-state index < -0.39 is 0 Å². The second kappa shape index (κ2) is 5.29. The highest BCUT2D eigenvalue weighted by Gasteiger charge is 2.17. The van der Waals surface area contributed by atoms with Crippen molar-refractivity contribution in [2.45, 2.75) is 33.2 Å². The van der Waals surface area contributed by atoms with Crippen LogP contribution in [0.2, 0.25) is 0 Å². The second-order valence-electron chi connectivity index (χ2n) is 4.18. The third-order valence-electron chi connectivity index (χ3n) is 2.79. The molecule has 2 N–H and O–H groups in total. The van der Waals surface area contributed by atoms with Crippen LogP contribution in [0, 0.1) is 11.8 Å². The van der Waals surface area contributed by atoms with Gasteiger partial charge in [-0.25, -0.2) is 0 Å². The van der Waals surface area contributed by atoms with Crippen molar-refractivity contribution in [1.29, 1.82) is 0 Å². The Morgan fingerprint density at radius 2 is 2.00 bits per heavy atom. The van der Waals surface area contributed by atoms with E-state index in [1.165, 1.54) is 8.66 Å². The van der Waals surface area contributed by atoms with Gasteiger partial charge in [-0.05, 0) is 46.3 Å². The first-order valence-corrected chi connectivity index (χ1v) is 6.61. The molecule has 0 saturated heterocycles. The molecule has 0 aliphatic heterocycles. The molecule has 1 nitrogen and oxygen atoms in total. The third kappa shape index (κ3) is 3.37. The van der Waals surface area contributed by atoms with Crippen molar-refractivity contribution in [3.05, 3.63) is 20.8 Å². The van der Waals surface area contributed by atoms with Crippen LogP contribution in [0.15, 0.2) is 15.9 Å². The quantitative estimate of drug-likeness (QED) is 0.892. The van der Waals surface area contributed by atoms with E-state index in [1.807, 2.05) is 0 Å². The van der Waals surface area contributed by atoms with Crippen LogP contribution < -0.4 is 5.73 Å². The molecular weight excluding hydrogens is 258 g/mol. The summed E-state index contributed by atoms with van der Waals surface area (Å²) in [5.41, 5.74) is 6.15. The number of thiophene rings is 1. The van der Waals surface area contributed by atoms with E-state index >= 15 is 0 Å². The van der Waals surface area contributed by atoms with Crippen LogP contribution in [0.1, 0.15) is 25.6 Å². The SMILES string of the molecule is CC(C)C(C)C(N)Cc1ccc(Br)s1. The lowest BCUT2D eigenvalue weighted by atomic mass is 9.89. The molecule has 2 unspecified atom stereocenters. The van der Waals surface area contributed by atoms with E-state index in [1.54, 1.807) is 11.3 Å². The molecule has 0 aromatic carbocycles. The highest BCUT2D eigenvalue weighted by molar-refractivity contribution is 9.11. The molecule has 0 aliphatic rings.